The standard InChI is InChI=1S/C17H24F4N2/c1-4-17(20,21)16-11-22(6-5-18)7-8-23(16)14-9-12(2)13(3)15(19)10-14/h9-10,16H,4-8,11H2,1-3H3. The summed E-state index contributed by atoms with van der Waals surface area (Å²) in [6.45, 7) is 5.40. The first-order valence-electron chi connectivity index (χ1n) is 7.99. The van der Waals surface area contributed by atoms with E-state index in [0.717, 1.165) is 5.56 Å². The summed E-state index contributed by atoms with van der Waals surface area (Å²) in [5, 5.41) is 0. The maximum Gasteiger partial charge on any atom is 0.268 e. The lowest BCUT2D eigenvalue weighted by Crippen LogP contribution is -2.60. The van der Waals surface area contributed by atoms with Crippen LogP contribution in [0.3, 0.4) is 0 Å². The molecule has 0 radical (unpaired) electrons. The van der Waals surface area contributed by atoms with E-state index in [9.17, 15) is 17.6 Å². The van der Waals surface area contributed by atoms with E-state index in [4.69, 9.17) is 0 Å². The van der Waals surface area contributed by atoms with Gasteiger partial charge in [-0.3, -0.25) is 4.90 Å². The Labute approximate surface area is 135 Å². The molecule has 0 amide bonds. The van der Waals surface area contributed by atoms with Crippen molar-refractivity contribution in [3.63, 3.8) is 0 Å². The predicted molar refractivity (Wildman–Crippen MR) is 84.7 cm³/mol. The Bertz CT molecular complexity index is 524. The SMILES string of the molecule is CCC(F)(F)C1CN(CCF)CCN1c1cc(C)c(C)c(F)c1. The first kappa shape index (κ1) is 18.0. The van der Waals surface area contributed by atoms with Gasteiger partial charge in [-0.1, -0.05) is 6.92 Å². The van der Waals surface area contributed by atoms with Crippen LogP contribution in [0.15, 0.2) is 12.1 Å². The Kier molecular flexibility index (Phi) is 5.55. The quantitative estimate of drug-likeness (QED) is 0.754. The van der Waals surface area contributed by atoms with E-state index in [0.29, 0.717) is 24.3 Å². The molecule has 0 spiro atoms. The number of alkyl halides is 3. The van der Waals surface area contributed by atoms with Crippen molar-refractivity contribution in [3.05, 3.63) is 29.1 Å². The van der Waals surface area contributed by atoms with Crippen molar-refractivity contribution < 1.29 is 17.6 Å². The molecule has 1 atom stereocenters. The number of benzene rings is 1. The largest absolute Gasteiger partial charge is 0.360 e. The maximum atomic E-state index is 14.4. The second-order valence-electron chi connectivity index (χ2n) is 6.18. The third-order valence-corrected chi connectivity index (χ3v) is 4.74. The molecular weight excluding hydrogens is 308 g/mol. The van der Waals surface area contributed by atoms with E-state index in [1.165, 1.54) is 13.0 Å². The molecule has 1 aliphatic rings. The van der Waals surface area contributed by atoms with Crippen molar-refractivity contribution in [3.8, 4) is 0 Å². The normalized spacial score (nSPS) is 20.1. The number of halogens is 4. The molecule has 130 valence electrons. The van der Waals surface area contributed by atoms with Crippen LogP contribution in [0.4, 0.5) is 23.2 Å². The van der Waals surface area contributed by atoms with Crippen molar-refractivity contribution in [1.82, 2.24) is 4.90 Å². The first-order chi connectivity index (χ1) is 10.8. The summed E-state index contributed by atoms with van der Waals surface area (Å²) in [7, 11) is 0. The Balaban J connectivity index is 2.35. The molecule has 0 bridgehead atoms. The summed E-state index contributed by atoms with van der Waals surface area (Å²) in [4.78, 5) is 3.29. The van der Waals surface area contributed by atoms with Crippen LogP contribution in [0.2, 0.25) is 0 Å². The van der Waals surface area contributed by atoms with Crippen LogP contribution < -0.4 is 4.90 Å². The average Bonchev–Trinajstić information content (AvgIpc) is 2.52. The fourth-order valence-electron chi connectivity index (χ4n) is 3.03. The highest BCUT2D eigenvalue weighted by molar-refractivity contribution is 5.53. The first-order valence-corrected chi connectivity index (χ1v) is 7.99. The minimum Gasteiger partial charge on any atom is -0.360 e. The molecule has 1 aromatic rings. The minimum absolute atomic E-state index is 0.0826. The Morgan fingerprint density at radius 2 is 1.91 bits per heavy atom. The van der Waals surface area contributed by atoms with Crippen LogP contribution >= 0.6 is 0 Å². The number of hydrogen-bond acceptors (Lipinski definition) is 2. The monoisotopic (exact) mass is 332 g/mol. The van der Waals surface area contributed by atoms with Gasteiger partial charge in [-0.2, -0.15) is 0 Å². The molecule has 1 aromatic carbocycles. The second-order valence-corrected chi connectivity index (χ2v) is 6.18. The molecular formula is C17H24F4N2. The van der Waals surface area contributed by atoms with Gasteiger partial charge in [0.15, 0.2) is 0 Å². The van der Waals surface area contributed by atoms with Crippen molar-refractivity contribution in [1.29, 1.82) is 0 Å². The van der Waals surface area contributed by atoms with Gasteiger partial charge in [0, 0.05) is 38.3 Å². The number of hydrogen-bond donors (Lipinski definition) is 0. The lowest BCUT2D eigenvalue weighted by Gasteiger charge is -2.45. The van der Waals surface area contributed by atoms with Crippen molar-refractivity contribution in [2.24, 2.45) is 0 Å². The second kappa shape index (κ2) is 7.07. The Morgan fingerprint density at radius 3 is 2.48 bits per heavy atom. The van der Waals surface area contributed by atoms with E-state index in [2.05, 4.69) is 0 Å². The van der Waals surface area contributed by atoms with Gasteiger partial charge in [-0.15, -0.1) is 0 Å². The molecule has 6 heteroatoms. The summed E-state index contributed by atoms with van der Waals surface area (Å²) in [6, 6.07) is 2.00. The lowest BCUT2D eigenvalue weighted by atomic mass is 10.00. The third kappa shape index (κ3) is 3.79. The van der Waals surface area contributed by atoms with Gasteiger partial charge >= 0.3 is 0 Å². The molecule has 1 unspecified atom stereocenters. The highest BCUT2D eigenvalue weighted by Gasteiger charge is 2.44. The molecule has 1 aliphatic heterocycles. The summed E-state index contributed by atoms with van der Waals surface area (Å²) in [6.07, 6.45) is -0.301. The summed E-state index contributed by atoms with van der Waals surface area (Å²) in [5.74, 6) is -3.30. The average molecular weight is 332 g/mol. The van der Waals surface area contributed by atoms with Crippen LogP contribution in [-0.2, 0) is 0 Å². The fourth-order valence-corrected chi connectivity index (χ4v) is 3.03. The van der Waals surface area contributed by atoms with Crippen LogP contribution in [0.5, 0.6) is 0 Å². The summed E-state index contributed by atoms with van der Waals surface area (Å²) >= 11 is 0. The molecule has 23 heavy (non-hydrogen) atoms. The summed E-state index contributed by atoms with van der Waals surface area (Å²) < 4.78 is 55.4. The Morgan fingerprint density at radius 1 is 1.22 bits per heavy atom. The molecule has 1 saturated heterocycles. The van der Waals surface area contributed by atoms with Crippen molar-refractivity contribution in [2.45, 2.75) is 39.2 Å². The van der Waals surface area contributed by atoms with E-state index in [1.54, 1.807) is 29.7 Å². The van der Waals surface area contributed by atoms with Gasteiger partial charge in [0.1, 0.15) is 18.5 Å². The molecule has 0 aromatic heterocycles. The zero-order valence-corrected chi connectivity index (χ0v) is 13.9. The van der Waals surface area contributed by atoms with Crippen molar-refractivity contribution >= 4 is 5.69 Å². The number of piperazine rings is 1. The van der Waals surface area contributed by atoms with Gasteiger partial charge in [-0.25, -0.2) is 17.6 Å². The summed E-state index contributed by atoms with van der Waals surface area (Å²) in [5.41, 5.74) is 1.75. The van der Waals surface area contributed by atoms with E-state index < -0.39 is 18.6 Å². The molecule has 0 N–H and O–H groups in total. The third-order valence-electron chi connectivity index (χ3n) is 4.74. The van der Waals surface area contributed by atoms with Crippen molar-refractivity contribution in [2.75, 3.05) is 37.8 Å². The fraction of sp³-hybridized carbons (Fsp3) is 0.647. The van der Waals surface area contributed by atoms with Gasteiger partial charge in [-0.05, 0) is 37.1 Å². The zero-order valence-electron chi connectivity index (χ0n) is 13.9. The molecule has 0 aliphatic carbocycles. The molecule has 1 fully saturated rings. The van der Waals surface area contributed by atoms with Gasteiger partial charge in [0.25, 0.3) is 5.92 Å². The Hall–Kier alpha value is -1.30. The number of rotatable bonds is 5. The van der Waals surface area contributed by atoms with E-state index in [1.807, 2.05) is 0 Å². The van der Waals surface area contributed by atoms with Gasteiger partial charge in [0.05, 0.1) is 0 Å². The van der Waals surface area contributed by atoms with Crippen LogP contribution in [0, 0.1) is 19.7 Å². The molecule has 1 heterocycles. The molecule has 2 nitrogen and oxygen atoms in total. The zero-order chi connectivity index (χ0) is 17.2. The minimum atomic E-state index is -2.91. The number of aryl methyl sites for hydroxylation is 1. The predicted octanol–water partition coefficient (Wildman–Crippen LogP) is 3.95. The molecule has 0 saturated carbocycles. The maximum absolute atomic E-state index is 14.4. The van der Waals surface area contributed by atoms with Crippen LogP contribution in [0.1, 0.15) is 24.5 Å². The number of nitrogens with zero attached hydrogens (tertiary/aromatic N) is 2. The van der Waals surface area contributed by atoms with E-state index in [-0.39, 0.29) is 25.3 Å². The molecule has 2 rings (SSSR count). The number of anilines is 1. The smallest absolute Gasteiger partial charge is 0.268 e. The van der Waals surface area contributed by atoms with Crippen LogP contribution in [0.25, 0.3) is 0 Å². The van der Waals surface area contributed by atoms with Crippen LogP contribution in [-0.4, -0.2) is 49.7 Å². The van der Waals surface area contributed by atoms with Gasteiger partial charge in [0.2, 0.25) is 0 Å². The van der Waals surface area contributed by atoms with E-state index >= 15 is 0 Å². The highest BCUT2D eigenvalue weighted by atomic mass is 19.3. The lowest BCUT2D eigenvalue weighted by molar-refractivity contribution is -0.0475. The van der Waals surface area contributed by atoms with Gasteiger partial charge < -0.3 is 4.90 Å². The highest BCUT2D eigenvalue weighted by Crippen LogP contribution is 2.34. The topological polar surface area (TPSA) is 6.48 Å².